The lowest BCUT2D eigenvalue weighted by molar-refractivity contribution is 0.112. The number of aldehydes is 1. The van der Waals surface area contributed by atoms with Gasteiger partial charge < -0.3 is 9.47 Å². The summed E-state index contributed by atoms with van der Waals surface area (Å²) >= 11 is 0. The van der Waals surface area contributed by atoms with Gasteiger partial charge in [0.1, 0.15) is 12.1 Å². The highest BCUT2D eigenvalue weighted by molar-refractivity contribution is 5.75. The van der Waals surface area contributed by atoms with Crippen LogP contribution in [0.1, 0.15) is 16.2 Å². The Morgan fingerprint density at radius 2 is 2.00 bits per heavy atom. The van der Waals surface area contributed by atoms with Crippen LogP contribution in [0.25, 0.3) is 0 Å². The summed E-state index contributed by atoms with van der Waals surface area (Å²) in [4.78, 5) is 17.2. The minimum absolute atomic E-state index is 0.715. The fourth-order valence-electron chi connectivity index (χ4n) is 2.16. The monoisotopic (exact) mass is 227 g/mol. The molecule has 3 rings (SSSR count). The number of benzene rings is 1. The number of carbonyl (C=O) groups is 1. The first-order chi connectivity index (χ1) is 8.36. The molecule has 0 aliphatic carbocycles. The maximum Gasteiger partial charge on any atom is 0.150 e. The van der Waals surface area contributed by atoms with E-state index in [0.29, 0.717) is 5.56 Å². The molecule has 0 bridgehead atoms. The Morgan fingerprint density at radius 1 is 1.18 bits per heavy atom. The Balaban J connectivity index is 1.84. The Hall–Kier alpha value is -2.10. The number of nitrogens with zero attached hydrogens (tertiary/aromatic N) is 3. The summed E-state index contributed by atoms with van der Waals surface area (Å²) in [5.74, 6) is 1.09. The summed E-state index contributed by atoms with van der Waals surface area (Å²) in [6, 6.07) is 7.68. The SMILES string of the molecule is O=Cc1ccc(N2CCn3ccnc3C2)cc1. The van der Waals surface area contributed by atoms with Crippen LogP contribution in [0.15, 0.2) is 36.7 Å². The van der Waals surface area contributed by atoms with Crippen LogP contribution in [0.2, 0.25) is 0 Å². The largest absolute Gasteiger partial charge is 0.362 e. The maximum absolute atomic E-state index is 10.6. The van der Waals surface area contributed by atoms with Crippen molar-refractivity contribution < 1.29 is 4.79 Å². The third-order valence-electron chi connectivity index (χ3n) is 3.14. The minimum atomic E-state index is 0.715. The Bertz CT molecular complexity index is 530. The molecule has 2 heterocycles. The Morgan fingerprint density at radius 3 is 2.76 bits per heavy atom. The molecule has 4 nitrogen and oxygen atoms in total. The lowest BCUT2D eigenvalue weighted by atomic mass is 10.2. The topological polar surface area (TPSA) is 38.1 Å². The first-order valence-corrected chi connectivity index (χ1v) is 5.67. The van der Waals surface area contributed by atoms with Crippen molar-refractivity contribution in [2.24, 2.45) is 0 Å². The molecule has 0 saturated carbocycles. The van der Waals surface area contributed by atoms with E-state index in [1.807, 2.05) is 36.7 Å². The second-order valence-corrected chi connectivity index (χ2v) is 4.17. The van der Waals surface area contributed by atoms with Crippen LogP contribution in [0.5, 0.6) is 0 Å². The van der Waals surface area contributed by atoms with Gasteiger partial charge in [-0.2, -0.15) is 0 Å². The Kier molecular flexibility index (Phi) is 2.40. The standard InChI is InChI=1S/C13H13N3O/c17-10-11-1-3-12(4-2-11)16-8-7-15-6-5-14-13(15)9-16/h1-6,10H,7-9H2. The third-order valence-corrected chi connectivity index (χ3v) is 3.14. The van der Waals surface area contributed by atoms with Crippen LogP contribution in [0.3, 0.4) is 0 Å². The van der Waals surface area contributed by atoms with Crippen LogP contribution in [-0.2, 0) is 13.1 Å². The van der Waals surface area contributed by atoms with Gasteiger partial charge in [0.15, 0.2) is 0 Å². The van der Waals surface area contributed by atoms with Crippen LogP contribution in [0.4, 0.5) is 5.69 Å². The normalized spacial score (nSPS) is 14.5. The van der Waals surface area contributed by atoms with Crippen molar-refractivity contribution in [3.05, 3.63) is 48.0 Å². The number of imidazole rings is 1. The highest BCUT2D eigenvalue weighted by Crippen LogP contribution is 2.20. The zero-order valence-corrected chi connectivity index (χ0v) is 9.41. The Labute approximate surface area is 99.5 Å². The molecular weight excluding hydrogens is 214 g/mol. The van der Waals surface area contributed by atoms with Gasteiger partial charge >= 0.3 is 0 Å². The molecule has 2 aromatic rings. The predicted molar refractivity (Wildman–Crippen MR) is 65.1 cm³/mol. The van der Waals surface area contributed by atoms with Gasteiger partial charge in [-0.3, -0.25) is 4.79 Å². The molecule has 4 heteroatoms. The van der Waals surface area contributed by atoms with E-state index in [1.165, 1.54) is 0 Å². The molecule has 0 radical (unpaired) electrons. The van der Waals surface area contributed by atoms with Crippen LogP contribution < -0.4 is 4.90 Å². The van der Waals surface area contributed by atoms with Crippen LogP contribution in [-0.4, -0.2) is 22.4 Å². The van der Waals surface area contributed by atoms with E-state index in [1.54, 1.807) is 0 Å². The molecular formula is C13H13N3O. The molecule has 86 valence electrons. The van der Waals surface area contributed by atoms with Crippen LogP contribution >= 0.6 is 0 Å². The second-order valence-electron chi connectivity index (χ2n) is 4.17. The van der Waals surface area contributed by atoms with Crippen molar-refractivity contribution in [2.75, 3.05) is 11.4 Å². The smallest absolute Gasteiger partial charge is 0.150 e. The lowest BCUT2D eigenvalue weighted by Gasteiger charge is -2.29. The zero-order valence-electron chi connectivity index (χ0n) is 9.41. The number of anilines is 1. The number of carbonyl (C=O) groups excluding carboxylic acids is 1. The average Bonchev–Trinajstić information content (AvgIpc) is 2.86. The zero-order chi connectivity index (χ0) is 11.7. The summed E-state index contributed by atoms with van der Waals surface area (Å²) < 4.78 is 2.18. The van der Waals surface area contributed by atoms with Crippen molar-refractivity contribution in [1.29, 1.82) is 0 Å². The van der Waals surface area contributed by atoms with Gasteiger partial charge in [0.05, 0.1) is 6.54 Å². The van der Waals surface area contributed by atoms with Gasteiger partial charge in [0, 0.05) is 36.7 Å². The molecule has 0 saturated heterocycles. The van der Waals surface area contributed by atoms with Crippen molar-refractivity contribution in [3.8, 4) is 0 Å². The van der Waals surface area contributed by atoms with E-state index in [-0.39, 0.29) is 0 Å². The third kappa shape index (κ3) is 1.82. The average molecular weight is 227 g/mol. The minimum Gasteiger partial charge on any atom is -0.362 e. The summed E-state index contributed by atoms with van der Waals surface area (Å²) in [5, 5.41) is 0. The van der Waals surface area contributed by atoms with E-state index >= 15 is 0 Å². The van der Waals surface area contributed by atoms with Crippen molar-refractivity contribution in [3.63, 3.8) is 0 Å². The summed E-state index contributed by atoms with van der Waals surface area (Å²) in [6.45, 7) is 2.77. The number of rotatable bonds is 2. The van der Waals surface area contributed by atoms with Gasteiger partial charge in [0.25, 0.3) is 0 Å². The van der Waals surface area contributed by atoms with E-state index in [2.05, 4.69) is 14.5 Å². The molecule has 1 aliphatic rings. The van der Waals surface area contributed by atoms with E-state index in [4.69, 9.17) is 0 Å². The van der Waals surface area contributed by atoms with E-state index in [9.17, 15) is 4.79 Å². The van der Waals surface area contributed by atoms with Gasteiger partial charge in [-0.1, -0.05) is 0 Å². The quantitative estimate of drug-likeness (QED) is 0.733. The predicted octanol–water partition coefficient (Wildman–Crippen LogP) is 1.72. The molecule has 0 fully saturated rings. The van der Waals surface area contributed by atoms with Crippen molar-refractivity contribution in [1.82, 2.24) is 9.55 Å². The van der Waals surface area contributed by atoms with Crippen molar-refractivity contribution in [2.45, 2.75) is 13.1 Å². The molecule has 0 amide bonds. The first-order valence-electron chi connectivity index (χ1n) is 5.67. The second kappa shape index (κ2) is 4.05. The molecule has 0 N–H and O–H groups in total. The number of fused-ring (bicyclic) bond motifs is 1. The fourth-order valence-corrected chi connectivity index (χ4v) is 2.16. The lowest BCUT2D eigenvalue weighted by Crippen LogP contribution is -2.33. The highest BCUT2D eigenvalue weighted by Gasteiger charge is 2.16. The van der Waals surface area contributed by atoms with Gasteiger partial charge in [-0.15, -0.1) is 0 Å². The van der Waals surface area contributed by atoms with Gasteiger partial charge in [-0.05, 0) is 24.3 Å². The molecule has 0 atom stereocenters. The number of hydrogen-bond donors (Lipinski definition) is 0. The summed E-state index contributed by atoms with van der Waals surface area (Å²) in [5.41, 5.74) is 1.86. The van der Waals surface area contributed by atoms with Crippen LogP contribution in [0, 0.1) is 0 Å². The highest BCUT2D eigenvalue weighted by atomic mass is 16.1. The molecule has 1 aromatic carbocycles. The van der Waals surface area contributed by atoms with Gasteiger partial charge in [0.2, 0.25) is 0 Å². The van der Waals surface area contributed by atoms with E-state index in [0.717, 1.165) is 37.4 Å². The summed E-state index contributed by atoms with van der Waals surface area (Å²) in [7, 11) is 0. The van der Waals surface area contributed by atoms with Gasteiger partial charge in [-0.25, -0.2) is 4.98 Å². The molecule has 1 aromatic heterocycles. The fraction of sp³-hybridized carbons (Fsp3) is 0.231. The molecule has 0 unspecified atom stereocenters. The molecule has 1 aliphatic heterocycles. The first kappa shape index (κ1) is 10.1. The molecule has 0 spiro atoms. The summed E-state index contributed by atoms with van der Waals surface area (Å²) in [6.07, 6.45) is 4.73. The maximum atomic E-state index is 10.6. The van der Waals surface area contributed by atoms with E-state index < -0.39 is 0 Å². The van der Waals surface area contributed by atoms with Crippen molar-refractivity contribution >= 4 is 12.0 Å². The molecule has 17 heavy (non-hydrogen) atoms. The number of aromatic nitrogens is 2. The number of hydrogen-bond acceptors (Lipinski definition) is 3.